The maximum absolute atomic E-state index is 13.6. The molecule has 0 aliphatic carbocycles. The molecule has 0 saturated heterocycles. The highest BCUT2D eigenvalue weighted by Crippen LogP contribution is 2.17. The van der Waals surface area contributed by atoms with Gasteiger partial charge in [-0.2, -0.15) is 0 Å². The van der Waals surface area contributed by atoms with Crippen molar-refractivity contribution in [3.05, 3.63) is 35.4 Å². The molecule has 0 bridgehead atoms. The Morgan fingerprint density at radius 2 is 1.78 bits per heavy atom. The van der Waals surface area contributed by atoms with Crippen LogP contribution >= 0.6 is 0 Å². The van der Waals surface area contributed by atoms with E-state index in [1.54, 1.807) is 0 Å². The lowest BCUT2D eigenvalue weighted by Crippen LogP contribution is -2.33. The molecule has 3 heteroatoms. The van der Waals surface area contributed by atoms with Crippen LogP contribution in [0.15, 0.2) is 18.2 Å². The molecule has 1 aromatic carbocycles. The number of benzene rings is 1. The topological polar surface area (TPSA) is 12.0 Å². The summed E-state index contributed by atoms with van der Waals surface area (Å²) >= 11 is 0. The fourth-order valence-corrected chi connectivity index (χ4v) is 2.13. The Bertz CT molecular complexity index is 343. The van der Waals surface area contributed by atoms with Crippen LogP contribution in [-0.2, 0) is 6.42 Å². The number of nitrogens with one attached hydrogen (secondary N) is 1. The average molecular weight is 255 g/mol. The average Bonchev–Trinajstić information content (AvgIpc) is 2.30. The summed E-state index contributed by atoms with van der Waals surface area (Å²) in [5.41, 5.74) is 0.201. The fourth-order valence-electron chi connectivity index (χ4n) is 2.13. The molecule has 1 atom stereocenters. The molecule has 18 heavy (non-hydrogen) atoms. The minimum Gasteiger partial charge on any atom is -0.314 e. The van der Waals surface area contributed by atoms with Crippen molar-refractivity contribution in [1.29, 1.82) is 0 Å². The van der Waals surface area contributed by atoms with Crippen LogP contribution in [0.3, 0.4) is 0 Å². The smallest absolute Gasteiger partial charge is 0.129 e. The van der Waals surface area contributed by atoms with E-state index in [1.807, 2.05) is 0 Å². The second-order valence-corrected chi connectivity index (χ2v) is 5.18. The summed E-state index contributed by atoms with van der Waals surface area (Å²) < 4.78 is 27.2. The zero-order chi connectivity index (χ0) is 13.5. The number of hydrogen-bond acceptors (Lipinski definition) is 1. The van der Waals surface area contributed by atoms with Gasteiger partial charge in [-0.15, -0.1) is 0 Å². The van der Waals surface area contributed by atoms with E-state index in [0.717, 1.165) is 19.4 Å². The normalized spacial score (nSPS) is 13.0. The van der Waals surface area contributed by atoms with Gasteiger partial charge in [0.05, 0.1) is 0 Å². The summed E-state index contributed by atoms with van der Waals surface area (Å²) in [6, 6.07) is 4.19. The molecule has 0 aliphatic heterocycles. The Labute approximate surface area is 109 Å². The molecule has 0 radical (unpaired) electrons. The highest BCUT2D eigenvalue weighted by Gasteiger charge is 2.16. The van der Waals surface area contributed by atoms with Crippen molar-refractivity contribution >= 4 is 0 Å². The van der Waals surface area contributed by atoms with Gasteiger partial charge in [0, 0.05) is 11.6 Å². The fraction of sp³-hybridized carbons (Fsp3) is 0.600. The minimum absolute atomic E-state index is 0.136. The zero-order valence-electron chi connectivity index (χ0n) is 11.5. The van der Waals surface area contributed by atoms with Gasteiger partial charge in [0.15, 0.2) is 0 Å². The van der Waals surface area contributed by atoms with E-state index in [2.05, 4.69) is 26.1 Å². The molecule has 0 aliphatic rings. The van der Waals surface area contributed by atoms with Crippen LogP contribution in [0.1, 0.15) is 39.2 Å². The lowest BCUT2D eigenvalue weighted by Gasteiger charge is -2.21. The van der Waals surface area contributed by atoms with Gasteiger partial charge in [0.1, 0.15) is 11.6 Å². The third-order valence-corrected chi connectivity index (χ3v) is 2.95. The van der Waals surface area contributed by atoms with E-state index in [0.29, 0.717) is 12.3 Å². The minimum atomic E-state index is -0.443. The van der Waals surface area contributed by atoms with E-state index in [9.17, 15) is 8.78 Å². The molecule has 1 unspecified atom stereocenters. The van der Waals surface area contributed by atoms with Crippen LogP contribution in [0.25, 0.3) is 0 Å². The summed E-state index contributed by atoms with van der Waals surface area (Å²) in [5.74, 6) is -0.377. The number of hydrogen-bond donors (Lipinski definition) is 1. The van der Waals surface area contributed by atoms with E-state index in [4.69, 9.17) is 0 Å². The first-order chi connectivity index (χ1) is 8.54. The van der Waals surface area contributed by atoms with Crippen molar-refractivity contribution in [2.24, 2.45) is 5.92 Å². The largest absolute Gasteiger partial charge is 0.314 e. The van der Waals surface area contributed by atoms with Crippen molar-refractivity contribution in [2.75, 3.05) is 6.54 Å². The third-order valence-electron chi connectivity index (χ3n) is 2.95. The van der Waals surface area contributed by atoms with Crippen molar-refractivity contribution in [2.45, 2.75) is 46.1 Å². The molecule has 1 rings (SSSR count). The van der Waals surface area contributed by atoms with Gasteiger partial charge in [0.25, 0.3) is 0 Å². The summed E-state index contributed by atoms with van der Waals surface area (Å²) in [7, 11) is 0. The summed E-state index contributed by atoms with van der Waals surface area (Å²) in [6.45, 7) is 7.22. The number of rotatable bonds is 7. The first kappa shape index (κ1) is 15.1. The SMILES string of the molecule is CCCNC(Cc1c(F)cccc1F)CC(C)C. The zero-order valence-corrected chi connectivity index (χ0v) is 11.5. The lowest BCUT2D eigenvalue weighted by molar-refractivity contribution is 0.405. The first-order valence-corrected chi connectivity index (χ1v) is 6.70. The summed E-state index contributed by atoms with van der Waals surface area (Å²) in [4.78, 5) is 0. The van der Waals surface area contributed by atoms with Gasteiger partial charge >= 0.3 is 0 Å². The van der Waals surface area contributed by atoms with Crippen LogP contribution < -0.4 is 5.32 Å². The predicted molar refractivity (Wildman–Crippen MR) is 71.6 cm³/mol. The first-order valence-electron chi connectivity index (χ1n) is 6.70. The van der Waals surface area contributed by atoms with Crippen LogP contribution in [0.4, 0.5) is 8.78 Å². The van der Waals surface area contributed by atoms with Gasteiger partial charge in [-0.3, -0.25) is 0 Å². The molecule has 0 heterocycles. The van der Waals surface area contributed by atoms with E-state index < -0.39 is 11.6 Å². The van der Waals surface area contributed by atoms with Crippen molar-refractivity contribution in [3.8, 4) is 0 Å². The van der Waals surface area contributed by atoms with Crippen LogP contribution in [0, 0.1) is 17.6 Å². The van der Waals surface area contributed by atoms with Gasteiger partial charge in [0.2, 0.25) is 0 Å². The van der Waals surface area contributed by atoms with E-state index in [-0.39, 0.29) is 11.6 Å². The second kappa shape index (κ2) is 7.47. The molecular weight excluding hydrogens is 232 g/mol. The van der Waals surface area contributed by atoms with Crippen molar-refractivity contribution in [1.82, 2.24) is 5.32 Å². The van der Waals surface area contributed by atoms with Gasteiger partial charge < -0.3 is 5.32 Å². The maximum atomic E-state index is 13.6. The van der Waals surface area contributed by atoms with Gasteiger partial charge in [-0.05, 0) is 43.9 Å². The lowest BCUT2D eigenvalue weighted by atomic mass is 9.96. The number of halogens is 2. The maximum Gasteiger partial charge on any atom is 0.129 e. The van der Waals surface area contributed by atoms with E-state index >= 15 is 0 Å². The molecule has 0 saturated carbocycles. The standard InChI is InChI=1S/C15H23F2N/c1-4-8-18-12(9-11(2)3)10-13-14(16)6-5-7-15(13)17/h5-7,11-12,18H,4,8-10H2,1-3H3. The van der Waals surface area contributed by atoms with Crippen LogP contribution in [0.2, 0.25) is 0 Å². The second-order valence-electron chi connectivity index (χ2n) is 5.18. The van der Waals surface area contributed by atoms with Crippen molar-refractivity contribution < 1.29 is 8.78 Å². The van der Waals surface area contributed by atoms with Gasteiger partial charge in [-0.25, -0.2) is 8.78 Å². The molecule has 0 spiro atoms. The Hall–Kier alpha value is -0.960. The summed E-state index contributed by atoms with van der Waals surface area (Å²) in [6.07, 6.45) is 2.36. The quantitative estimate of drug-likeness (QED) is 0.778. The van der Waals surface area contributed by atoms with Crippen LogP contribution in [0.5, 0.6) is 0 Å². The highest BCUT2D eigenvalue weighted by atomic mass is 19.1. The molecule has 1 nitrogen and oxygen atoms in total. The van der Waals surface area contributed by atoms with E-state index in [1.165, 1.54) is 18.2 Å². The third kappa shape index (κ3) is 4.73. The Kier molecular flexibility index (Phi) is 6.27. The molecule has 0 amide bonds. The Morgan fingerprint density at radius 1 is 1.17 bits per heavy atom. The Balaban J connectivity index is 2.75. The van der Waals surface area contributed by atoms with Crippen LogP contribution in [-0.4, -0.2) is 12.6 Å². The highest BCUT2D eigenvalue weighted by molar-refractivity contribution is 5.20. The Morgan fingerprint density at radius 3 is 2.28 bits per heavy atom. The summed E-state index contributed by atoms with van der Waals surface area (Å²) in [5, 5.41) is 3.37. The molecule has 1 N–H and O–H groups in total. The molecule has 102 valence electrons. The molecule has 1 aromatic rings. The molecule has 0 fully saturated rings. The molecular formula is C15H23F2N. The van der Waals surface area contributed by atoms with Crippen molar-refractivity contribution in [3.63, 3.8) is 0 Å². The predicted octanol–water partition coefficient (Wildman–Crippen LogP) is 3.92. The van der Waals surface area contributed by atoms with Gasteiger partial charge in [-0.1, -0.05) is 26.8 Å². The monoisotopic (exact) mass is 255 g/mol. The molecule has 0 aromatic heterocycles.